The van der Waals surface area contributed by atoms with Gasteiger partial charge in [-0.3, -0.25) is 9.78 Å². The van der Waals surface area contributed by atoms with Crippen LogP contribution in [0.4, 0.5) is 0 Å². The summed E-state index contributed by atoms with van der Waals surface area (Å²) in [6.45, 7) is 0. The van der Waals surface area contributed by atoms with Crippen molar-refractivity contribution in [2.75, 3.05) is 0 Å². The fourth-order valence-corrected chi connectivity index (χ4v) is 3.20. The molecule has 1 atom stereocenters. The Kier molecular flexibility index (Phi) is 3.50. The number of benzene rings is 2. The van der Waals surface area contributed by atoms with Crippen molar-refractivity contribution >= 4 is 16.9 Å². The normalized spacial score (nSPS) is 16.8. The predicted octanol–water partition coefficient (Wildman–Crippen LogP) is 3.44. The lowest BCUT2D eigenvalue weighted by atomic mass is 9.88. The first-order chi connectivity index (χ1) is 11.3. The Hall–Kier alpha value is -2.75. The zero-order valence-electron chi connectivity index (χ0n) is 12.7. The number of carbonyl (C=O) groups is 1. The van der Waals surface area contributed by atoms with E-state index in [-0.39, 0.29) is 11.9 Å². The summed E-state index contributed by atoms with van der Waals surface area (Å²) in [6.07, 6.45) is 4.68. The Morgan fingerprint density at radius 2 is 1.83 bits per heavy atom. The van der Waals surface area contributed by atoms with E-state index in [1.165, 1.54) is 11.1 Å². The molecule has 3 aromatic rings. The summed E-state index contributed by atoms with van der Waals surface area (Å²) in [4.78, 5) is 21.3. The van der Waals surface area contributed by atoms with Crippen molar-refractivity contribution in [2.45, 2.75) is 25.3 Å². The molecule has 4 nitrogen and oxygen atoms in total. The second kappa shape index (κ2) is 5.80. The van der Waals surface area contributed by atoms with Crippen molar-refractivity contribution in [1.29, 1.82) is 0 Å². The molecular weight excluding hydrogens is 286 g/mol. The van der Waals surface area contributed by atoms with E-state index in [4.69, 9.17) is 0 Å². The number of nitrogens with zero attached hydrogens (tertiary/aromatic N) is 2. The van der Waals surface area contributed by atoms with Crippen LogP contribution in [0.5, 0.6) is 0 Å². The summed E-state index contributed by atoms with van der Waals surface area (Å²) < 4.78 is 0. The maximum Gasteiger partial charge on any atom is 0.271 e. The topological polar surface area (TPSA) is 54.9 Å². The van der Waals surface area contributed by atoms with Crippen LogP contribution in [0.2, 0.25) is 0 Å². The molecule has 1 heterocycles. The number of rotatable bonds is 2. The molecule has 1 N–H and O–H groups in total. The number of para-hydroxylation sites is 2. The molecule has 23 heavy (non-hydrogen) atoms. The third kappa shape index (κ3) is 2.68. The molecule has 4 rings (SSSR count). The molecule has 1 aromatic heterocycles. The number of aryl methyl sites for hydroxylation is 1. The third-order valence-electron chi connectivity index (χ3n) is 4.36. The van der Waals surface area contributed by atoms with E-state index in [1.54, 1.807) is 6.20 Å². The Balaban J connectivity index is 1.60. The van der Waals surface area contributed by atoms with Crippen LogP contribution in [0, 0.1) is 0 Å². The van der Waals surface area contributed by atoms with Crippen LogP contribution in [0.1, 0.15) is 40.5 Å². The summed E-state index contributed by atoms with van der Waals surface area (Å²) in [5.41, 5.74) is 4.46. The van der Waals surface area contributed by atoms with Crippen molar-refractivity contribution in [3.05, 3.63) is 71.5 Å². The minimum absolute atomic E-state index is 0.0562. The van der Waals surface area contributed by atoms with Gasteiger partial charge in [0.2, 0.25) is 0 Å². The Bertz CT molecular complexity index is 875. The average molecular weight is 303 g/mol. The van der Waals surface area contributed by atoms with Crippen LogP contribution in [0.3, 0.4) is 0 Å². The zero-order valence-corrected chi connectivity index (χ0v) is 12.7. The van der Waals surface area contributed by atoms with E-state index >= 15 is 0 Å². The molecule has 0 unspecified atom stereocenters. The van der Waals surface area contributed by atoms with Gasteiger partial charge in [0.05, 0.1) is 23.3 Å². The zero-order chi connectivity index (χ0) is 15.6. The molecule has 0 saturated heterocycles. The highest BCUT2D eigenvalue weighted by Crippen LogP contribution is 2.29. The molecule has 1 aliphatic carbocycles. The first kappa shape index (κ1) is 13.9. The number of amides is 1. The molecule has 0 radical (unpaired) electrons. The summed E-state index contributed by atoms with van der Waals surface area (Å²) in [5.74, 6) is -0.162. The van der Waals surface area contributed by atoms with Gasteiger partial charge in [-0.2, -0.15) is 0 Å². The number of hydrogen-bond acceptors (Lipinski definition) is 3. The van der Waals surface area contributed by atoms with E-state index in [1.807, 2.05) is 30.3 Å². The van der Waals surface area contributed by atoms with Crippen molar-refractivity contribution in [2.24, 2.45) is 0 Å². The summed E-state index contributed by atoms with van der Waals surface area (Å²) in [7, 11) is 0. The molecule has 0 saturated carbocycles. The SMILES string of the molecule is O=C(N[C@@H]1CCCc2ccccc21)c1cnc2ccccc2n1. The van der Waals surface area contributed by atoms with E-state index in [9.17, 15) is 4.79 Å². The molecule has 114 valence electrons. The van der Waals surface area contributed by atoms with Gasteiger partial charge in [-0.25, -0.2) is 4.98 Å². The van der Waals surface area contributed by atoms with Crippen LogP contribution in [0.15, 0.2) is 54.7 Å². The van der Waals surface area contributed by atoms with Gasteiger partial charge in [-0.05, 0) is 42.5 Å². The van der Waals surface area contributed by atoms with Gasteiger partial charge in [0, 0.05) is 0 Å². The highest BCUT2D eigenvalue weighted by molar-refractivity contribution is 5.94. The number of fused-ring (bicyclic) bond motifs is 2. The van der Waals surface area contributed by atoms with Gasteiger partial charge in [-0.15, -0.1) is 0 Å². The Morgan fingerprint density at radius 3 is 2.74 bits per heavy atom. The maximum absolute atomic E-state index is 12.6. The highest BCUT2D eigenvalue weighted by atomic mass is 16.1. The first-order valence-corrected chi connectivity index (χ1v) is 7.92. The lowest BCUT2D eigenvalue weighted by Crippen LogP contribution is -2.31. The fraction of sp³-hybridized carbons (Fsp3) is 0.211. The lowest BCUT2D eigenvalue weighted by molar-refractivity contribution is 0.0927. The molecule has 2 aromatic carbocycles. The van der Waals surface area contributed by atoms with Gasteiger partial charge in [0.15, 0.2) is 0 Å². The molecule has 0 bridgehead atoms. The molecular formula is C19H17N3O. The van der Waals surface area contributed by atoms with Gasteiger partial charge >= 0.3 is 0 Å². The fourth-order valence-electron chi connectivity index (χ4n) is 3.20. The van der Waals surface area contributed by atoms with Crippen LogP contribution in [0.25, 0.3) is 11.0 Å². The van der Waals surface area contributed by atoms with Crippen LogP contribution < -0.4 is 5.32 Å². The average Bonchev–Trinajstić information content (AvgIpc) is 2.61. The van der Waals surface area contributed by atoms with Gasteiger partial charge in [0.25, 0.3) is 5.91 Å². The third-order valence-corrected chi connectivity index (χ3v) is 4.36. The summed E-state index contributed by atoms with van der Waals surface area (Å²) in [6, 6.07) is 16.0. The van der Waals surface area contributed by atoms with Gasteiger partial charge in [0.1, 0.15) is 5.69 Å². The summed E-state index contributed by atoms with van der Waals surface area (Å²) in [5, 5.41) is 3.11. The maximum atomic E-state index is 12.6. The second-order valence-electron chi connectivity index (χ2n) is 5.86. The molecule has 0 aliphatic heterocycles. The molecule has 0 spiro atoms. The minimum Gasteiger partial charge on any atom is -0.344 e. The van der Waals surface area contributed by atoms with Crippen molar-refractivity contribution in [3.8, 4) is 0 Å². The number of hydrogen-bond donors (Lipinski definition) is 1. The van der Waals surface area contributed by atoms with Crippen molar-refractivity contribution in [3.63, 3.8) is 0 Å². The smallest absolute Gasteiger partial charge is 0.271 e. The minimum atomic E-state index is -0.162. The molecule has 1 amide bonds. The van der Waals surface area contributed by atoms with Crippen molar-refractivity contribution < 1.29 is 4.79 Å². The predicted molar refractivity (Wildman–Crippen MR) is 89.1 cm³/mol. The van der Waals surface area contributed by atoms with Gasteiger partial charge in [-0.1, -0.05) is 36.4 Å². The highest BCUT2D eigenvalue weighted by Gasteiger charge is 2.22. The molecule has 0 fully saturated rings. The Morgan fingerprint density at radius 1 is 1.04 bits per heavy atom. The van der Waals surface area contributed by atoms with E-state index in [0.29, 0.717) is 5.69 Å². The van der Waals surface area contributed by atoms with Gasteiger partial charge < -0.3 is 5.32 Å². The van der Waals surface area contributed by atoms with Crippen LogP contribution in [-0.2, 0) is 6.42 Å². The largest absolute Gasteiger partial charge is 0.344 e. The standard InChI is InChI=1S/C19H17N3O/c23-19(18-12-20-16-9-3-4-10-17(16)21-18)22-15-11-5-7-13-6-1-2-8-14(13)15/h1-4,6,8-10,12,15H,5,7,11H2,(H,22,23)/t15-/m1/s1. The summed E-state index contributed by atoms with van der Waals surface area (Å²) >= 11 is 0. The quantitative estimate of drug-likeness (QED) is 0.789. The number of carbonyl (C=O) groups excluding carboxylic acids is 1. The second-order valence-corrected chi connectivity index (χ2v) is 5.86. The van der Waals surface area contributed by atoms with E-state index in [0.717, 1.165) is 30.3 Å². The van der Waals surface area contributed by atoms with Crippen molar-refractivity contribution in [1.82, 2.24) is 15.3 Å². The van der Waals surface area contributed by atoms with Crippen LogP contribution >= 0.6 is 0 Å². The Labute approximate surface area is 134 Å². The van der Waals surface area contributed by atoms with E-state index < -0.39 is 0 Å². The van der Waals surface area contributed by atoms with Crippen LogP contribution in [-0.4, -0.2) is 15.9 Å². The first-order valence-electron chi connectivity index (χ1n) is 7.92. The lowest BCUT2D eigenvalue weighted by Gasteiger charge is -2.26. The number of nitrogens with one attached hydrogen (secondary N) is 1. The molecule has 1 aliphatic rings. The molecule has 4 heteroatoms. The number of aromatic nitrogens is 2. The monoisotopic (exact) mass is 303 g/mol. The van der Waals surface area contributed by atoms with E-state index in [2.05, 4.69) is 33.5 Å².